The van der Waals surface area contributed by atoms with E-state index in [0.29, 0.717) is 12.0 Å². The Labute approximate surface area is 118 Å². The molecule has 3 aromatic rings. The van der Waals surface area contributed by atoms with Crippen LogP contribution in [-0.4, -0.2) is 21.0 Å². The molecule has 0 atom stereocenters. The molecule has 3 rings (SSSR count). The van der Waals surface area contributed by atoms with E-state index in [4.69, 9.17) is 0 Å². The van der Waals surface area contributed by atoms with Crippen molar-refractivity contribution in [1.82, 2.24) is 15.0 Å². The van der Waals surface area contributed by atoms with E-state index in [9.17, 15) is 0 Å². The van der Waals surface area contributed by atoms with Crippen LogP contribution in [0, 0.1) is 6.92 Å². The normalized spacial score (nSPS) is 11.2. The largest absolute Gasteiger partial charge is 0.352 e. The fraction of sp³-hybridized carbons (Fsp3) is 0.250. The summed E-state index contributed by atoms with van der Waals surface area (Å²) in [5.41, 5.74) is 4.03. The Balaban J connectivity index is 2.22. The summed E-state index contributed by atoms with van der Waals surface area (Å²) in [6.45, 7) is 6.19. The lowest BCUT2D eigenvalue weighted by Crippen LogP contribution is -2.12. The number of aromatic nitrogens is 3. The van der Waals surface area contributed by atoms with Crippen molar-refractivity contribution in [2.45, 2.75) is 26.8 Å². The van der Waals surface area contributed by atoms with Crippen LogP contribution in [-0.2, 0) is 0 Å². The minimum Gasteiger partial charge on any atom is -0.352 e. The second kappa shape index (κ2) is 4.96. The second-order valence-electron chi connectivity index (χ2n) is 5.28. The van der Waals surface area contributed by atoms with E-state index in [-0.39, 0.29) is 0 Å². The molecule has 0 aliphatic carbocycles. The van der Waals surface area contributed by atoms with E-state index in [1.54, 1.807) is 0 Å². The van der Waals surface area contributed by atoms with Gasteiger partial charge in [0.2, 0.25) is 5.95 Å². The van der Waals surface area contributed by atoms with E-state index in [2.05, 4.69) is 52.3 Å². The molecule has 0 aliphatic heterocycles. The van der Waals surface area contributed by atoms with Gasteiger partial charge >= 0.3 is 0 Å². The number of benzene rings is 1. The maximum atomic E-state index is 4.68. The summed E-state index contributed by atoms with van der Waals surface area (Å²) in [6.07, 6.45) is 0. The van der Waals surface area contributed by atoms with Crippen LogP contribution in [0.1, 0.15) is 19.5 Å². The predicted octanol–water partition coefficient (Wildman–Crippen LogP) is 3.75. The minimum atomic E-state index is 0.298. The van der Waals surface area contributed by atoms with Crippen LogP contribution in [0.4, 0.5) is 5.95 Å². The standard InChI is InChI=1S/C16H18N4/c1-10(2)17-16-19-14(12-7-5-4-6-8-12)13-9-11(3)18-15(13)20-16/h4-10H,1-3H3,(H2,17,18,19,20). The first-order valence-corrected chi connectivity index (χ1v) is 6.83. The third-order valence-electron chi connectivity index (χ3n) is 3.09. The molecule has 0 spiro atoms. The van der Waals surface area contributed by atoms with Crippen LogP contribution < -0.4 is 5.32 Å². The molecule has 0 radical (unpaired) electrons. The van der Waals surface area contributed by atoms with Crippen LogP contribution in [0.2, 0.25) is 0 Å². The number of nitrogens with one attached hydrogen (secondary N) is 2. The van der Waals surface area contributed by atoms with Gasteiger partial charge in [-0.15, -0.1) is 0 Å². The first-order valence-electron chi connectivity index (χ1n) is 6.83. The molecule has 0 fully saturated rings. The van der Waals surface area contributed by atoms with E-state index in [1.807, 2.05) is 25.1 Å². The van der Waals surface area contributed by atoms with E-state index in [0.717, 1.165) is 28.0 Å². The summed E-state index contributed by atoms with van der Waals surface area (Å²) in [4.78, 5) is 12.5. The number of rotatable bonds is 3. The van der Waals surface area contributed by atoms with Gasteiger partial charge in [0, 0.05) is 22.7 Å². The van der Waals surface area contributed by atoms with Gasteiger partial charge in [0.05, 0.1) is 5.69 Å². The average molecular weight is 266 g/mol. The summed E-state index contributed by atoms with van der Waals surface area (Å²) < 4.78 is 0. The third kappa shape index (κ3) is 2.37. The molecule has 1 aromatic carbocycles. The number of hydrogen-bond acceptors (Lipinski definition) is 3. The number of hydrogen-bond donors (Lipinski definition) is 2. The molecular weight excluding hydrogens is 248 g/mol. The highest BCUT2D eigenvalue weighted by molar-refractivity contribution is 5.92. The first kappa shape index (κ1) is 12.7. The highest BCUT2D eigenvalue weighted by Crippen LogP contribution is 2.27. The van der Waals surface area contributed by atoms with Gasteiger partial charge in [0.25, 0.3) is 0 Å². The topological polar surface area (TPSA) is 53.6 Å². The van der Waals surface area contributed by atoms with Crippen molar-refractivity contribution in [2.24, 2.45) is 0 Å². The number of aromatic amines is 1. The molecule has 0 aliphatic rings. The second-order valence-corrected chi connectivity index (χ2v) is 5.28. The van der Waals surface area contributed by atoms with Crippen LogP contribution in [0.5, 0.6) is 0 Å². The van der Waals surface area contributed by atoms with Crippen LogP contribution in [0.3, 0.4) is 0 Å². The number of anilines is 1. The van der Waals surface area contributed by atoms with Crippen molar-refractivity contribution in [3.63, 3.8) is 0 Å². The molecule has 102 valence electrons. The predicted molar refractivity (Wildman–Crippen MR) is 82.8 cm³/mol. The molecular formula is C16H18N4. The summed E-state index contributed by atoms with van der Waals surface area (Å²) in [5.74, 6) is 0.660. The van der Waals surface area contributed by atoms with Gasteiger partial charge < -0.3 is 10.3 Å². The van der Waals surface area contributed by atoms with Gasteiger partial charge in [-0.1, -0.05) is 30.3 Å². The highest BCUT2D eigenvalue weighted by atomic mass is 15.1. The molecule has 2 N–H and O–H groups in total. The Morgan fingerprint density at radius 2 is 1.85 bits per heavy atom. The Bertz CT molecular complexity index is 729. The van der Waals surface area contributed by atoms with Crippen molar-refractivity contribution in [3.8, 4) is 11.3 Å². The lowest BCUT2D eigenvalue weighted by atomic mass is 10.1. The zero-order valence-corrected chi connectivity index (χ0v) is 11.9. The molecule has 4 heteroatoms. The molecule has 2 aromatic heterocycles. The molecule has 0 bridgehead atoms. The number of nitrogens with zero attached hydrogens (tertiary/aromatic N) is 2. The number of H-pyrrole nitrogens is 1. The maximum Gasteiger partial charge on any atom is 0.225 e. The molecule has 0 amide bonds. The lowest BCUT2D eigenvalue weighted by molar-refractivity contribution is 0.878. The summed E-state index contributed by atoms with van der Waals surface area (Å²) in [7, 11) is 0. The van der Waals surface area contributed by atoms with Gasteiger partial charge in [0.15, 0.2) is 0 Å². The van der Waals surface area contributed by atoms with E-state index >= 15 is 0 Å². The zero-order chi connectivity index (χ0) is 14.1. The smallest absolute Gasteiger partial charge is 0.225 e. The molecule has 20 heavy (non-hydrogen) atoms. The van der Waals surface area contributed by atoms with Crippen molar-refractivity contribution in [3.05, 3.63) is 42.1 Å². The van der Waals surface area contributed by atoms with Crippen molar-refractivity contribution < 1.29 is 0 Å². The Morgan fingerprint density at radius 1 is 1.10 bits per heavy atom. The summed E-state index contributed by atoms with van der Waals surface area (Å²) in [5, 5.41) is 4.33. The van der Waals surface area contributed by atoms with Gasteiger partial charge in [-0.25, -0.2) is 4.98 Å². The summed E-state index contributed by atoms with van der Waals surface area (Å²) >= 11 is 0. The van der Waals surface area contributed by atoms with Gasteiger partial charge in [-0.3, -0.25) is 0 Å². The average Bonchev–Trinajstić information content (AvgIpc) is 2.78. The Hall–Kier alpha value is -2.36. The van der Waals surface area contributed by atoms with Crippen LogP contribution >= 0.6 is 0 Å². The first-order chi connectivity index (χ1) is 9.63. The Morgan fingerprint density at radius 3 is 2.55 bits per heavy atom. The quantitative estimate of drug-likeness (QED) is 0.759. The van der Waals surface area contributed by atoms with Crippen LogP contribution in [0.15, 0.2) is 36.4 Å². The maximum absolute atomic E-state index is 4.68. The number of fused-ring (bicyclic) bond motifs is 1. The molecule has 0 unspecified atom stereocenters. The zero-order valence-electron chi connectivity index (χ0n) is 11.9. The van der Waals surface area contributed by atoms with E-state index in [1.165, 1.54) is 0 Å². The highest BCUT2D eigenvalue weighted by Gasteiger charge is 2.12. The summed E-state index contributed by atoms with van der Waals surface area (Å²) in [6, 6.07) is 12.6. The molecule has 0 saturated carbocycles. The monoisotopic (exact) mass is 266 g/mol. The Kier molecular flexibility index (Phi) is 3.14. The van der Waals surface area contributed by atoms with Crippen molar-refractivity contribution >= 4 is 17.0 Å². The third-order valence-corrected chi connectivity index (χ3v) is 3.09. The van der Waals surface area contributed by atoms with Gasteiger partial charge in [-0.05, 0) is 26.8 Å². The van der Waals surface area contributed by atoms with Crippen molar-refractivity contribution in [2.75, 3.05) is 5.32 Å². The SMILES string of the molecule is Cc1cc2c(-c3ccccc3)nc(NC(C)C)nc2[nH]1. The fourth-order valence-corrected chi connectivity index (χ4v) is 2.28. The molecule has 4 nitrogen and oxygen atoms in total. The lowest BCUT2D eigenvalue weighted by Gasteiger charge is -2.10. The minimum absolute atomic E-state index is 0.298. The molecule has 0 saturated heterocycles. The van der Waals surface area contributed by atoms with Crippen molar-refractivity contribution in [1.29, 1.82) is 0 Å². The molecule has 2 heterocycles. The van der Waals surface area contributed by atoms with E-state index < -0.39 is 0 Å². The van der Waals surface area contributed by atoms with Gasteiger partial charge in [-0.2, -0.15) is 4.98 Å². The van der Waals surface area contributed by atoms with Gasteiger partial charge in [0.1, 0.15) is 5.65 Å². The van der Waals surface area contributed by atoms with Crippen LogP contribution in [0.25, 0.3) is 22.3 Å². The fourth-order valence-electron chi connectivity index (χ4n) is 2.28. The number of aryl methyl sites for hydroxylation is 1.